The predicted octanol–water partition coefficient (Wildman–Crippen LogP) is 4.25. The third kappa shape index (κ3) is 5.59. The van der Waals surface area contributed by atoms with Crippen molar-refractivity contribution in [3.63, 3.8) is 0 Å². The Hall–Kier alpha value is -3.31. The predicted molar refractivity (Wildman–Crippen MR) is 109 cm³/mol. The van der Waals surface area contributed by atoms with E-state index in [0.717, 1.165) is 22.6 Å². The summed E-state index contributed by atoms with van der Waals surface area (Å²) >= 11 is 0. The molecule has 0 aliphatic rings. The van der Waals surface area contributed by atoms with Gasteiger partial charge in [-0.15, -0.1) is 0 Å². The molecule has 0 bridgehead atoms. The topological polar surface area (TPSA) is 79.9 Å². The summed E-state index contributed by atoms with van der Waals surface area (Å²) in [4.78, 5) is 4.23. The van der Waals surface area contributed by atoms with Crippen molar-refractivity contribution in [2.75, 3.05) is 11.9 Å². The fourth-order valence-electron chi connectivity index (χ4n) is 2.62. The fraction of sp³-hybridized carbons (Fsp3) is 0.136. The van der Waals surface area contributed by atoms with Crippen LogP contribution in [0.1, 0.15) is 17.2 Å². The molecule has 0 heterocycles. The van der Waals surface area contributed by atoms with Crippen molar-refractivity contribution in [1.29, 1.82) is 0 Å². The second-order valence-corrected chi connectivity index (χ2v) is 6.22. The molecule has 5 nitrogen and oxygen atoms in total. The van der Waals surface area contributed by atoms with Gasteiger partial charge in [-0.05, 0) is 36.8 Å². The maximum atomic E-state index is 10.3. The van der Waals surface area contributed by atoms with Crippen molar-refractivity contribution in [2.45, 2.75) is 13.0 Å². The number of nitrogens with one attached hydrogen (secondary N) is 1. The lowest BCUT2D eigenvalue weighted by Crippen LogP contribution is -2.23. The summed E-state index contributed by atoms with van der Waals surface area (Å²) in [5, 5.41) is 13.3. The van der Waals surface area contributed by atoms with Crippen LogP contribution in [0.4, 0.5) is 5.69 Å². The number of para-hydroxylation sites is 1. The number of ether oxygens (including phenoxy) is 1. The van der Waals surface area contributed by atoms with Gasteiger partial charge in [-0.25, -0.2) is 0 Å². The molecule has 0 saturated heterocycles. The number of guanidine groups is 1. The van der Waals surface area contributed by atoms with Gasteiger partial charge in [0.15, 0.2) is 5.96 Å². The van der Waals surface area contributed by atoms with Crippen LogP contribution in [0.25, 0.3) is 0 Å². The molecule has 0 saturated carbocycles. The van der Waals surface area contributed by atoms with Gasteiger partial charge in [0.25, 0.3) is 0 Å². The lowest BCUT2D eigenvalue weighted by atomic mass is 10.1. The molecule has 3 aromatic carbocycles. The van der Waals surface area contributed by atoms with Crippen LogP contribution in [0.3, 0.4) is 0 Å². The van der Waals surface area contributed by atoms with E-state index in [1.54, 1.807) is 0 Å². The Morgan fingerprint density at radius 2 is 1.74 bits per heavy atom. The average molecular weight is 361 g/mol. The molecule has 3 aromatic rings. The number of rotatable bonds is 6. The number of anilines is 1. The molecule has 27 heavy (non-hydrogen) atoms. The van der Waals surface area contributed by atoms with E-state index >= 15 is 0 Å². The lowest BCUT2D eigenvalue weighted by molar-refractivity contribution is 0.187. The number of nitrogens with zero attached hydrogens (tertiary/aromatic N) is 1. The van der Waals surface area contributed by atoms with Crippen LogP contribution in [0.5, 0.6) is 11.5 Å². The van der Waals surface area contributed by atoms with Crippen molar-refractivity contribution in [3.05, 3.63) is 90.0 Å². The molecule has 4 N–H and O–H groups in total. The van der Waals surface area contributed by atoms with Gasteiger partial charge >= 0.3 is 0 Å². The number of hydrogen-bond acceptors (Lipinski definition) is 3. The lowest BCUT2D eigenvalue weighted by Gasteiger charge is -2.11. The van der Waals surface area contributed by atoms with Gasteiger partial charge in [0.05, 0.1) is 12.6 Å². The summed E-state index contributed by atoms with van der Waals surface area (Å²) in [7, 11) is 0. The molecule has 0 fully saturated rings. The first kappa shape index (κ1) is 18.5. The maximum Gasteiger partial charge on any atom is 0.193 e. The molecular weight excluding hydrogens is 338 g/mol. The Morgan fingerprint density at radius 3 is 2.52 bits per heavy atom. The molecule has 0 spiro atoms. The molecular formula is C22H23N3O2. The van der Waals surface area contributed by atoms with Crippen LogP contribution in [-0.4, -0.2) is 17.6 Å². The van der Waals surface area contributed by atoms with Crippen LogP contribution in [0.2, 0.25) is 0 Å². The highest BCUT2D eigenvalue weighted by Crippen LogP contribution is 2.23. The van der Waals surface area contributed by atoms with Gasteiger partial charge in [0, 0.05) is 11.8 Å². The second-order valence-electron chi connectivity index (χ2n) is 6.22. The highest BCUT2D eigenvalue weighted by Gasteiger charge is 2.07. The van der Waals surface area contributed by atoms with E-state index in [4.69, 9.17) is 10.5 Å². The van der Waals surface area contributed by atoms with E-state index in [9.17, 15) is 5.11 Å². The summed E-state index contributed by atoms with van der Waals surface area (Å²) < 4.78 is 5.81. The quantitative estimate of drug-likeness (QED) is 0.453. The van der Waals surface area contributed by atoms with Crippen LogP contribution in [-0.2, 0) is 0 Å². The molecule has 1 atom stereocenters. The van der Waals surface area contributed by atoms with Gasteiger partial charge in [-0.2, -0.15) is 0 Å². The van der Waals surface area contributed by atoms with Crippen LogP contribution in [0.15, 0.2) is 83.9 Å². The van der Waals surface area contributed by atoms with Crippen molar-refractivity contribution >= 4 is 11.6 Å². The molecule has 1 unspecified atom stereocenters. The zero-order valence-corrected chi connectivity index (χ0v) is 15.2. The number of aliphatic imine (C=N–C) groups is 1. The summed E-state index contributed by atoms with van der Waals surface area (Å²) in [6, 6.07) is 24.7. The third-order valence-corrected chi connectivity index (χ3v) is 3.95. The van der Waals surface area contributed by atoms with Crippen LogP contribution >= 0.6 is 0 Å². The van der Waals surface area contributed by atoms with Crippen LogP contribution < -0.4 is 15.8 Å². The molecule has 138 valence electrons. The standard InChI is InChI=1S/C22H23N3O2/c1-16-7-5-8-17(13-16)21(26)15-24-22(23)25-18-9-6-12-20(14-18)27-19-10-3-2-4-11-19/h2-14,21,26H,15H2,1H3,(H3,23,24,25). The number of aliphatic hydroxyl groups excluding tert-OH is 1. The third-order valence-electron chi connectivity index (χ3n) is 3.95. The van der Waals surface area contributed by atoms with Gasteiger partial charge in [-0.1, -0.05) is 54.1 Å². The molecule has 0 aliphatic carbocycles. The largest absolute Gasteiger partial charge is 0.457 e. The summed E-state index contributed by atoms with van der Waals surface area (Å²) in [5.74, 6) is 1.69. The summed E-state index contributed by atoms with van der Waals surface area (Å²) in [6.45, 7) is 2.17. The van der Waals surface area contributed by atoms with Gasteiger partial charge in [-0.3, -0.25) is 4.99 Å². The zero-order valence-electron chi connectivity index (χ0n) is 15.2. The zero-order chi connectivity index (χ0) is 19.1. The smallest absolute Gasteiger partial charge is 0.193 e. The first-order valence-electron chi connectivity index (χ1n) is 8.75. The van der Waals surface area contributed by atoms with E-state index in [2.05, 4.69) is 10.3 Å². The maximum absolute atomic E-state index is 10.3. The fourth-order valence-corrected chi connectivity index (χ4v) is 2.62. The van der Waals surface area contributed by atoms with Crippen molar-refractivity contribution in [3.8, 4) is 11.5 Å². The normalized spacial score (nSPS) is 12.4. The minimum absolute atomic E-state index is 0.183. The number of aliphatic hydroxyl groups is 1. The molecule has 0 radical (unpaired) electrons. The monoisotopic (exact) mass is 361 g/mol. The first-order valence-corrected chi connectivity index (χ1v) is 8.75. The van der Waals surface area contributed by atoms with Gasteiger partial charge in [0.1, 0.15) is 11.5 Å². The van der Waals surface area contributed by atoms with Crippen LogP contribution in [0, 0.1) is 6.92 Å². The van der Waals surface area contributed by atoms with E-state index in [1.807, 2.05) is 85.8 Å². The number of aryl methyl sites for hydroxylation is 1. The Balaban J connectivity index is 1.61. The molecule has 5 heteroatoms. The number of benzene rings is 3. The number of nitrogens with two attached hydrogens (primary N) is 1. The van der Waals surface area contributed by atoms with Gasteiger partial charge < -0.3 is 20.9 Å². The Morgan fingerprint density at radius 1 is 1.00 bits per heavy atom. The Bertz CT molecular complexity index is 910. The van der Waals surface area contributed by atoms with E-state index in [-0.39, 0.29) is 12.5 Å². The highest BCUT2D eigenvalue weighted by molar-refractivity contribution is 5.92. The summed E-state index contributed by atoms with van der Waals surface area (Å²) in [5.41, 5.74) is 8.63. The SMILES string of the molecule is Cc1cccc(C(O)CN=C(N)Nc2cccc(Oc3ccccc3)c2)c1. The highest BCUT2D eigenvalue weighted by atomic mass is 16.5. The molecule has 0 aliphatic heterocycles. The Kier molecular flexibility index (Phi) is 6.07. The van der Waals surface area contributed by atoms with Crippen molar-refractivity contribution in [1.82, 2.24) is 0 Å². The minimum atomic E-state index is -0.696. The van der Waals surface area contributed by atoms with Gasteiger partial charge in [0.2, 0.25) is 0 Å². The Labute approximate surface area is 159 Å². The molecule has 0 aromatic heterocycles. The minimum Gasteiger partial charge on any atom is -0.457 e. The van der Waals surface area contributed by atoms with E-state index in [0.29, 0.717) is 5.75 Å². The average Bonchev–Trinajstić information content (AvgIpc) is 2.67. The first-order chi connectivity index (χ1) is 13.1. The summed E-state index contributed by atoms with van der Waals surface area (Å²) in [6.07, 6.45) is -0.696. The van der Waals surface area contributed by atoms with E-state index < -0.39 is 6.10 Å². The number of hydrogen-bond donors (Lipinski definition) is 3. The van der Waals surface area contributed by atoms with Crippen molar-refractivity contribution in [2.24, 2.45) is 10.7 Å². The van der Waals surface area contributed by atoms with Crippen molar-refractivity contribution < 1.29 is 9.84 Å². The molecule has 0 amide bonds. The second kappa shape index (κ2) is 8.87. The van der Waals surface area contributed by atoms with E-state index in [1.165, 1.54) is 0 Å². The molecule has 3 rings (SSSR count).